The van der Waals surface area contributed by atoms with E-state index in [0.717, 1.165) is 5.56 Å². The molecule has 11 heteroatoms. The quantitative estimate of drug-likeness (QED) is 0.484. The minimum atomic E-state index is -1.63. The van der Waals surface area contributed by atoms with Gasteiger partial charge in [0.1, 0.15) is 19.0 Å². The van der Waals surface area contributed by atoms with Gasteiger partial charge in [0.2, 0.25) is 3.79 Å². The summed E-state index contributed by atoms with van der Waals surface area (Å²) in [5.74, 6) is 0.542. The number of benzene rings is 1. The molecule has 0 saturated heterocycles. The van der Waals surface area contributed by atoms with Crippen LogP contribution >= 0.6 is 46.6 Å². The highest BCUT2D eigenvalue weighted by molar-refractivity contribution is 8.12. The maximum absolute atomic E-state index is 12.4. The van der Waals surface area contributed by atoms with E-state index in [1.54, 1.807) is 31.4 Å². The molecule has 1 amide bonds. The molecule has 0 aromatic heterocycles. The highest BCUT2D eigenvalue weighted by atomic mass is 35.6. The van der Waals surface area contributed by atoms with Crippen molar-refractivity contribution in [3.05, 3.63) is 41.1 Å². The molecule has 1 aromatic rings. The number of ether oxygens (including phenoxy) is 3. The number of hydrogen-bond acceptors (Lipinski definition) is 7. The summed E-state index contributed by atoms with van der Waals surface area (Å²) < 4.78 is 13.8. The number of carbonyl (C=O) groups excluding carboxylic acids is 2. The zero-order valence-corrected chi connectivity index (χ0v) is 17.8. The van der Waals surface area contributed by atoms with Crippen LogP contribution in [-0.2, 0) is 20.9 Å². The average Bonchev–Trinajstić information content (AvgIpc) is 2.69. The molecular weight excluding hydrogens is 451 g/mol. The highest BCUT2D eigenvalue weighted by Gasteiger charge is 2.23. The van der Waals surface area contributed by atoms with Crippen molar-refractivity contribution >= 4 is 64.2 Å². The number of esters is 1. The number of rotatable bonds is 7. The number of carbonyl (C=O) groups is 2. The Kier molecular flexibility index (Phi) is 8.75. The molecule has 7 nitrogen and oxygen atoms in total. The molecule has 1 N–H and O–H groups in total. The summed E-state index contributed by atoms with van der Waals surface area (Å²) in [5, 5.41) is 2.31. The monoisotopic (exact) mass is 466 g/mol. The summed E-state index contributed by atoms with van der Waals surface area (Å²) in [6.45, 7) is -0.269. The number of hydrogen-bond donors (Lipinski definition) is 1. The summed E-state index contributed by atoms with van der Waals surface area (Å²) in [7, 11) is 1.57. The Morgan fingerprint density at radius 2 is 1.89 bits per heavy atom. The Hall–Kier alpha value is -1.61. The van der Waals surface area contributed by atoms with E-state index in [-0.39, 0.29) is 25.5 Å². The van der Waals surface area contributed by atoms with Gasteiger partial charge in [0.25, 0.3) is 0 Å². The fourth-order valence-electron chi connectivity index (χ4n) is 2.01. The number of alkyl carbamates (subject to hydrolysis) is 1. The van der Waals surface area contributed by atoms with Gasteiger partial charge >= 0.3 is 12.1 Å². The zero-order valence-electron chi connectivity index (χ0n) is 14.7. The second kappa shape index (κ2) is 10.8. The van der Waals surface area contributed by atoms with Crippen LogP contribution in [0, 0.1) is 0 Å². The molecule has 0 aliphatic carbocycles. The third kappa shape index (κ3) is 7.79. The van der Waals surface area contributed by atoms with Gasteiger partial charge in [-0.3, -0.25) is 0 Å². The second-order valence-corrected chi connectivity index (χ2v) is 8.82. The molecule has 0 unspecified atom stereocenters. The Morgan fingerprint density at radius 3 is 2.54 bits per heavy atom. The van der Waals surface area contributed by atoms with Crippen LogP contribution < -0.4 is 10.1 Å². The Morgan fingerprint density at radius 1 is 1.18 bits per heavy atom. The van der Waals surface area contributed by atoms with Crippen molar-refractivity contribution in [3.63, 3.8) is 0 Å². The predicted molar refractivity (Wildman–Crippen MR) is 110 cm³/mol. The number of alkyl halides is 3. The maximum Gasteiger partial charge on any atom is 0.407 e. The Labute approximate surface area is 181 Å². The van der Waals surface area contributed by atoms with Crippen molar-refractivity contribution in [1.29, 1.82) is 0 Å². The molecule has 1 heterocycles. The SMILES string of the molecule is COc1ccc(COC(=O)C2=C(COC(=O)NCC(Cl)(Cl)Cl)CSC=N2)cc1. The third-order valence-electron chi connectivity index (χ3n) is 3.38. The van der Waals surface area contributed by atoms with Gasteiger partial charge in [0.15, 0.2) is 5.70 Å². The van der Waals surface area contributed by atoms with Gasteiger partial charge in [0, 0.05) is 11.3 Å². The summed E-state index contributed by atoms with van der Waals surface area (Å²) in [4.78, 5) is 28.1. The molecule has 0 fully saturated rings. The fourth-order valence-corrected chi connectivity index (χ4v) is 2.89. The first kappa shape index (κ1) is 22.7. The van der Waals surface area contributed by atoms with Gasteiger partial charge in [0.05, 0.1) is 19.2 Å². The molecule has 0 atom stereocenters. The molecule has 1 aliphatic rings. The van der Waals surface area contributed by atoms with Crippen LogP contribution in [0.15, 0.2) is 40.5 Å². The minimum Gasteiger partial charge on any atom is -0.497 e. The average molecular weight is 468 g/mol. The molecule has 0 spiro atoms. The van der Waals surface area contributed by atoms with Crippen LogP contribution in [-0.4, -0.2) is 47.4 Å². The van der Waals surface area contributed by atoms with E-state index in [2.05, 4.69) is 10.3 Å². The summed E-state index contributed by atoms with van der Waals surface area (Å²) in [6.07, 6.45) is -0.774. The molecule has 0 bridgehead atoms. The lowest BCUT2D eigenvalue weighted by Gasteiger charge is -2.16. The topological polar surface area (TPSA) is 86.2 Å². The van der Waals surface area contributed by atoms with E-state index in [9.17, 15) is 9.59 Å². The molecule has 1 aromatic carbocycles. The third-order valence-corrected chi connectivity index (χ3v) is 4.55. The summed E-state index contributed by atoms with van der Waals surface area (Å²) in [6, 6.07) is 7.12. The largest absolute Gasteiger partial charge is 0.497 e. The highest BCUT2D eigenvalue weighted by Crippen LogP contribution is 2.24. The first-order valence-corrected chi connectivity index (χ1v) is 10.1. The first-order chi connectivity index (χ1) is 13.3. The summed E-state index contributed by atoms with van der Waals surface area (Å²) in [5.41, 5.74) is 2.97. The summed E-state index contributed by atoms with van der Waals surface area (Å²) >= 11 is 18.0. The fraction of sp³-hybridized carbons (Fsp3) is 0.353. The number of amides is 1. The minimum absolute atomic E-state index is 0.0763. The van der Waals surface area contributed by atoms with Gasteiger partial charge in [-0.15, -0.1) is 11.8 Å². The zero-order chi connectivity index (χ0) is 20.6. The molecule has 1 aliphatic heterocycles. The Bertz CT molecular complexity index is 763. The van der Waals surface area contributed by atoms with Gasteiger partial charge in [-0.25, -0.2) is 14.6 Å². The number of nitrogens with one attached hydrogen (secondary N) is 1. The lowest BCUT2D eigenvalue weighted by Crippen LogP contribution is -2.33. The molecule has 0 saturated carbocycles. The molecular formula is C17H17Cl3N2O5S. The van der Waals surface area contributed by atoms with Crippen LogP contribution in [0.25, 0.3) is 0 Å². The van der Waals surface area contributed by atoms with E-state index in [0.29, 0.717) is 17.1 Å². The van der Waals surface area contributed by atoms with Crippen molar-refractivity contribution in [3.8, 4) is 5.75 Å². The lowest BCUT2D eigenvalue weighted by molar-refractivity contribution is -0.140. The van der Waals surface area contributed by atoms with Crippen molar-refractivity contribution in [2.24, 2.45) is 4.99 Å². The van der Waals surface area contributed by atoms with Crippen LogP contribution in [0.1, 0.15) is 5.56 Å². The van der Waals surface area contributed by atoms with Crippen LogP contribution in [0.4, 0.5) is 4.79 Å². The number of halogens is 3. The Balaban J connectivity index is 1.91. The maximum atomic E-state index is 12.4. The lowest BCUT2D eigenvalue weighted by atomic mass is 10.2. The standard InChI is InChI=1S/C17H17Cl3N2O5S/c1-25-13-4-2-11(3-5-13)6-26-15(23)14-12(8-28-10-22-14)7-27-16(24)21-9-17(18,19)20/h2-5,10H,6-9H2,1H3,(H,21,24). The van der Waals surface area contributed by atoms with Gasteiger partial charge in [-0.05, 0) is 17.7 Å². The second-order valence-electron chi connectivity index (χ2n) is 5.47. The number of aliphatic imine (C=N–C) groups is 1. The van der Waals surface area contributed by atoms with Crippen LogP contribution in [0.3, 0.4) is 0 Å². The van der Waals surface area contributed by atoms with Crippen molar-refractivity contribution in [2.45, 2.75) is 10.4 Å². The van der Waals surface area contributed by atoms with Gasteiger partial charge in [-0.1, -0.05) is 46.9 Å². The van der Waals surface area contributed by atoms with E-state index < -0.39 is 15.9 Å². The number of methoxy groups -OCH3 is 1. The predicted octanol–water partition coefficient (Wildman–Crippen LogP) is 3.86. The van der Waals surface area contributed by atoms with Crippen LogP contribution in [0.2, 0.25) is 0 Å². The van der Waals surface area contributed by atoms with E-state index >= 15 is 0 Å². The van der Waals surface area contributed by atoms with Crippen molar-refractivity contribution in [1.82, 2.24) is 5.32 Å². The molecule has 2 rings (SSSR count). The van der Waals surface area contributed by atoms with E-state index in [1.807, 2.05) is 0 Å². The van der Waals surface area contributed by atoms with Crippen molar-refractivity contribution < 1.29 is 23.8 Å². The van der Waals surface area contributed by atoms with E-state index in [4.69, 9.17) is 49.0 Å². The number of thioether (sulfide) groups is 1. The van der Waals surface area contributed by atoms with E-state index in [1.165, 1.54) is 17.3 Å². The van der Waals surface area contributed by atoms with Gasteiger partial charge < -0.3 is 19.5 Å². The first-order valence-electron chi connectivity index (χ1n) is 7.92. The smallest absolute Gasteiger partial charge is 0.407 e. The molecule has 152 valence electrons. The van der Waals surface area contributed by atoms with Gasteiger partial charge in [-0.2, -0.15) is 0 Å². The molecule has 28 heavy (non-hydrogen) atoms. The molecule has 0 radical (unpaired) electrons. The number of nitrogens with zero attached hydrogens (tertiary/aromatic N) is 1. The van der Waals surface area contributed by atoms with Crippen LogP contribution in [0.5, 0.6) is 5.75 Å². The van der Waals surface area contributed by atoms with Crippen molar-refractivity contribution in [2.75, 3.05) is 26.0 Å². The normalized spacial score (nSPS) is 13.9.